The van der Waals surface area contributed by atoms with E-state index in [0.29, 0.717) is 30.7 Å². The molecule has 3 heterocycles. The van der Waals surface area contributed by atoms with Crippen LogP contribution in [0.1, 0.15) is 38.0 Å². The van der Waals surface area contributed by atoms with Gasteiger partial charge in [-0.15, -0.1) is 0 Å². The normalized spacial score (nSPS) is 21.2. The number of carbonyl (C=O) groups excluding carboxylic acids is 2. The second-order valence-corrected chi connectivity index (χ2v) is 10.6. The number of furan rings is 1. The third kappa shape index (κ3) is 3.76. The fraction of sp³-hybridized carbons (Fsp3) is 0.455. The zero-order chi connectivity index (χ0) is 22.4. The molecule has 0 radical (unpaired) electrons. The summed E-state index contributed by atoms with van der Waals surface area (Å²) < 4.78 is 33.3. The Morgan fingerprint density at radius 3 is 2.77 bits per heavy atom. The van der Waals surface area contributed by atoms with Crippen molar-refractivity contribution in [3.05, 3.63) is 47.9 Å². The van der Waals surface area contributed by atoms with Gasteiger partial charge in [-0.25, -0.2) is 8.42 Å². The maximum Gasteiger partial charge on any atom is 0.243 e. The van der Waals surface area contributed by atoms with E-state index in [1.807, 2.05) is 0 Å². The highest BCUT2D eigenvalue weighted by molar-refractivity contribution is 7.89. The molecule has 2 amide bonds. The second kappa shape index (κ2) is 7.80. The van der Waals surface area contributed by atoms with Crippen LogP contribution in [0.4, 0.5) is 5.69 Å². The van der Waals surface area contributed by atoms with E-state index in [1.54, 1.807) is 62.4 Å². The summed E-state index contributed by atoms with van der Waals surface area (Å²) in [5.41, 5.74) is 0.639. The molecular formula is C22H27N3O5S. The molecule has 4 rings (SSSR count). The number of piperidine rings is 1. The number of amides is 2. The Kier molecular flexibility index (Phi) is 5.43. The highest BCUT2D eigenvalue weighted by atomic mass is 32.2. The van der Waals surface area contributed by atoms with Gasteiger partial charge in [0.05, 0.1) is 29.0 Å². The van der Waals surface area contributed by atoms with Gasteiger partial charge in [-0.05, 0) is 62.6 Å². The number of carbonyl (C=O) groups is 2. The van der Waals surface area contributed by atoms with Crippen LogP contribution in [0.3, 0.4) is 0 Å². The van der Waals surface area contributed by atoms with Gasteiger partial charge in [-0.3, -0.25) is 9.59 Å². The molecule has 1 fully saturated rings. The van der Waals surface area contributed by atoms with Crippen LogP contribution in [-0.4, -0.2) is 44.7 Å². The molecule has 1 atom stereocenters. The van der Waals surface area contributed by atoms with Gasteiger partial charge >= 0.3 is 0 Å². The summed E-state index contributed by atoms with van der Waals surface area (Å²) in [5, 5.41) is 2.82. The summed E-state index contributed by atoms with van der Waals surface area (Å²) in [6.45, 7) is 4.37. The van der Waals surface area contributed by atoms with Crippen molar-refractivity contribution in [2.45, 2.75) is 43.5 Å². The molecule has 2 aliphatic rings. The maximum atomic E-state index is 13.4. The average Bonchev–Trinajstić information content (AvgIpc) is 3.34. The van der Waals surface area contributed by atoms with Crippen LogP contribution in [0.25, 0.3) is 0 Å². The van der Waals surface area contributed by atoms with Crippen LogP contribution in [-0.2, 0) is 31.6 Å². The number of anilines is 1. The summed E-state index contributed by atoms with van der Waals surface area (Å²) in [7, 11) is -2.09. The van der Waals surface area contributed by atoms with Crippen molar-refractivity contribution in [1.82, 2.24) is 9.62 Å². The van der Waals surface area contributed by atoms with Crippen molar-refractivity contribution < 1.29 is 22.4 Å². The van der Waals surface area contributed by atoms with Gasteiger partial charge in [0.2, 0.25) is 21.8 Å². The number of likely N-dealkylation sites (N-methyl/N-ethyl adjacent to an activating group) is 1. The predicted molar refractivity (Wildman–Crippen MR) is 115 cm³/mol. The fourth-order valence-electron chi connectivity index (χ4n) is 4.37. The zero-order valence-electron chi connectivity index (χ0n) is 17.9. The molecule has 31 heavy (non-hydrogen) atoms. The van der Waals surface area contributed by atoms with Crippen molar-refractivity contribution in [2.24, 2.45) is 5.92 Å². The van der Waals surface area contributed by atoms with E-state index in [0.717, 1.165) is 5.69 Å². The first-order valence-electron chi connectivity index (χ1n) is 10.4. The quantitative estimate of drug-likeness (QED) is 0.761. The molecule has 2 aliphatic heterocycles. The van der Waals surface area contributed by atoms with E-state index in [-0.39, 0.29) is 29.8 Å². The molecule has 2 aromatic rings. The van der Waals surface area contributed by atoms with Gasteiger partial charge in [0.25, 0.3) is 0 Å². The number of nitrogens with one attached hydrogen (secondary N) is 1. The first-order chi connectivity index (χ1) is 14.6. The third-order valence-electron chi connectivity index (χ3n) is 6.25. The molecule has 1 unspecified atom stereocenters. The largest absolute Gasteiger partial charge is 0.467 e. The van der Waals surface area contributed by atoms with Gasteiger partial charge in [-0.2, -0.15) is 4.31 Å². The van der Waals surface area contributed by atoms with E-state index in [2.05, 4.69) is 5.32 Å². The lowest BCUT2D eigenvalue weighted by Crippen LogP contribution is -2.45. The third-order valence-corrected chi connectivity index (χ3v) is 8.11. The van der Waals surface area contributed by atoms with E-state index in [1.165, 1.54) is 4.31 Å². The van der Waals surface area contributed by atoms with Gasteiger partial charge in [-0.1, -0.05) is 0 Å². The summed E-state index contributed by atoms with van der Waals surface area (Å²) in [4.78, 5) is 26.8. The van der Waals surface area contributed by atoms with Crippen LogP contribution in [0.2, 0.25) is 0 Å². The lowest BCUT2D eigenvalue weighted by atomic mass is 9.86. The number of sulfonamides is 1. The molecule has 1 aromatic heterocycles. The van der Waals surface area contributed by atoms with Crippen molar-refractivity contribution in [2.75, 3.05) is 25.0 Å². The average molecular weight is 446 g/mol. The highest BCUT2D eigenvalue weighted by Crippen LogP contribution is 2.42. The lowest BCUT2D eigenvalue weighted by Gasteiger charge is -2.31. The van der Waals surface area contributed by atoms with E-state index < -0.39 is 21.4 Å². The smallest absolute Gasteiger partial charge is 0.243 e. The van der Waals surface area contributed by atoms with Crippen LogP contribution < -0.4 is 10.2 Å². The molecule has 0 saturated carbocycles. The first-order valence-corrected chi connectivity index (χ1v) is 11.8. The molecule has 0 aliphatic carbocycles. The second-order valence-electron chi connectivity index (χ2n) is 8.67. The van der Waals surface area contributed by atoms with E-state index in [9.17, 15) is 18.0 Å². The minimum atomic E-state index is -3.79. The fourth-order valence-corrected chi connectivity index (χ4v) is 5.92. The summed E-state index contributed by atoms with van der Waals surface area (Å²) in [6.07, 6.45) is 2.78. The van der Waals surface area contributed by atoms with Crippen molar-refractivity contribution in [1.29, 1.82) is 0 Å². The number of hydrogen-bond acceptors (Lipinski definition) is 5. The molecular weight excluding hydrogens is 418 g/mol. The Labute approximate surface area is 182 Å². The lowest BCUT2D eigenvalue weighted by molar-refractivity contribution is -0.126. The van der Waals surface area contributed by atoms with E-state index >= 15 is 0 Å². The summed E-state index contributed by atoms with van der Waals surface area (Å²) >= 11 is 0. The molecule has 9 heteroatoms. The van der Waals surface area contributed by atoms with Crippen molar-refractivity contribution >= 4 is 27.5 Å². The molecule has 0 spiro atoms. The molecule has 166 valence electrons. The maximum absolute atomic E-state index is 13.4. The van der Waals surface area contributed by atoms with Gasteiger partial charge in [0.1, 0.15) is 5.76 Å². The van der Waals surface area contributed by atoms with Crippen LogP contribution in [0.5, 0.6) is 0 Å². The minimum Gasteiger partial charge on any atom is -0.467 e. The van der Waals surface area contributed by atoms with Crippen molar-refractivity contribution in [3.63, 3.8) is 0 Å². The molecule has 1 aromatic carbocycles. The number of benzene rings is 1. The Balaban J connectivity index is 1.52. The van der Waals surface area contributed by atoms with Crippen LogP contribution >= 0.6 is 0 Å². The molecule has 1 saturated heterocycles. The summed E-state index contributed by atoms with van der Waals surface area (Å²) in [6, 6.07) is 8.36. The van der Waals surface area contributed by atoms with E-state index in [4.69, 9.17) is 4.42 Å². The number of fused-ring (bicyclic) bond motifs is 1. The SMILES string of the molecule is CN1C(=O)C(C)(C)c2cc(S(=O)(=O)N3CCCC(C(=O)NCc4ccco4)C3)ccc21. The molecule has 0 bridgehead atoms. The first kappa shape index (κ1) is 21.6. The monoisotopic (exact) mass is 445 g/mol. The van der Waals surface area contributed by atoms with Gasteiger partial charge < -0.3 is 14.6 Å². The Hall–Kier alpha value is -2.65. The number of hydrogen-bond donors (Lipinski definition) is 1. The van der Waals surface area contributed by atoms with Crippen LogP contribution in [0, 0.1) is 5.92 Å². The van der Waals surface area contributed by atoms with Gasteiger partial charge in [0, 0.05) is 25.8 Å². The number of nitrogens with zero attached hydrogens (tertiary/aromatic N) is 2. The predicted octanol–water partition coefficient (Wildman–Crippen LogP) is 2.25. The zero-order valence-corrected chi connectivity index (χ0v) is 18.7. The van der Waals surface area contributed by atoms with Crippen LogP contribution in [0.15, 0.2) is 45.9 Å². The highest BCUT2D eigenvalue weighted by Gasteiger charge is 2.43. The molecule has 1 N–H and O–H groups in total. The Morgan fingerprint density at radius 1 is 1.29 bits per heavy atom. The molecule has 8 nitrogen and oxygen atoms in total. The van der Waals surface area contributed by atoms with Gasteiger partial charge in [0.15, 0.2) is 0 Å². The topological polar surface area (TPSA) is 99.9 Å². The Morgan fingerprint density at radius 2 is 2.06 bits per heavy atom. The Bertz CT molecular complexity index is 1110. The minimum absolute atomic E-state index is 0.0664. The van der Waals surface area contributed by atoms with Crippen molar-refractivity contribution in [3.8, 4) is 0 Å². The number of rotatable bonds is 5. The standard InChI is InChI=1S/C22H27N3O5S/c1-22(2)18-12-17(8-9-19(18)24(3)21(22)27)31(28,29)25-10-4-6-15(14-25)20(26)23-13-16-7-5-11-30-16/h5,7-9,11-12,15H,4,6,10,13-14H2,1-3H3,(H,23,26). The summed E-state index contributed by atoms with van der Waals surface area (Å²) in [5.74, 6) is -0.0205.